The van der Waals surface area contributed by atoms with Crippen molar-refractivity contribution in [3.63, 3.8) is 0 Å². The van der Waals surface area contributed by atoms with E-state index in [9.17, 15) is 14.0 Å². The number of aromatic amines is 1. The summed E-state index contributed by atoms with van der Waals surface area (Å²) in [5.41, 5.74) is 2.76. The number of imidazole rings is 1. The van der Waals surface area contributed by atoms with E-state index in [0.29, 0.717) is 39.9 Å². The number of nitrogens with one attached hydrogen (secondary N) is 2. The molecule has 2 heterocycles. The van der Waals surface area contributed by atoms with Crippen LogP contribution in [0.25, 0.3) is 0 Å². The molecule has 0 aliphatic carbocycles. The zero-order chi connectivity index (χ0) is 21.3. The van der Waals surface area contributed by atoms with E-state index >= 15 is 0 Å². The van der Waals surface area contributed by atoms with Crippen molar-refractivity contribution in [1.29, 1.82) is 0 Å². The van der Waals surface area contributed by atoms with Crippen molar-refractivity contribution in [3.05, 3.63) is 81.6 Å². The normalized spacial score (nSPS) is 15.4. The van der Waals surface area contributed by atoms with Gasteiger partial charge in [0.25, 0.3) is 0 Å². The summed E-state index contributed by atoms with van der Waals surface area (Å²) in [4.78, 5) is 33.6. The predicted molar refractivity (Wildman–Crippen MR) is 112 cm³/mol. The molecule has 154 valence electrons. The lowest BCUT2D eigenvalue weighted by Crippen LogP contribution is -2.43. The summed E-state index contributed by atoms with van der Waals surface area (Å²) in [6, 6.07) is 10.1. The fourth-order valence-electron chi connectivity index (χ4n) is 3.54. The first-order valence-electron chi connectivity index (χ1n) is 9.21. The van der Waals surface area contributed by atoms with Gasteiger partial charge in [0.1, 0.15) is 11.9 Å². The Balaban J connectivity index is 1.63. The van der Waals surface area contributed by atoms with Gasteiger partial charge >= 0.3 is 12.0 Å². The standard InChI is InChI=1S/C21H18BrFN4O3/c1-30-20(28)12-2-5-14(6-3-12)26-21(29)27-9-8-17-18(25-11-24-17)19(27)15-7-4-13(22)10-16(15)23/h2-7,10-11,19H,8-9H2,1H3,(H,24,25)(H,26,29)/t19-/m1/s1. The van der Waals surface area contributed by atoms with Crippen molar-refractivity contribution >= 4 is 33.6 Å². The Morgan fingerprint density at radius 3 is 2.73 bits per heavy atom. The number of methoxy groups -OCH3 is 1. The lowest BCUT2D eigenvalue weighted by Gasteiger charge is -2.35. The third-order valence-corrected chi connectivity index (χ3v) is 5.49. The number of carbonyl (C=O) groups excluding carboxylic acids is 2. The second-order valence-corrected chi connectivity index (χ2v) is 7.69. The second kappa shape index (κ2) is 8.27. The van der Waals surface area contributed by atoms with Gasteiger partial charge in [-0.3, -0.25) is 0 Å². The molecular formula is C21H18BrFN4O3. The Morgan fingerprint density at radius 1 is 1.27 bits per heavy atom. The summed E-state index contributed by atoms with van der Waals surface area (Å²) in [5, 5.41) is 2.81. The van der Waals surface area contributed by atoms with Crippen LogP contribution < -0.4 is 5.32 Å². The summed E-state index contributed by atoms with van der Waals surface area (Å²) < 4.78 is 20.1. The SMILES string of the molecule is COC(=O)c1ccc(NC(=O)N2CCc3[nH]cnc3[C@H]2c2ccc(Br)cc2F)cc1. The number of H-pyrrole nitrogens is 1. The smallest absolute Gasteiger partial charge is 0.337 e. The minimum atomic E-state index is -0.664. The highest BCUT2D eigenvalue weighted by Gasteiger charge is 2.35. The highest BCUT2D eigenvalue weighted by molar-refractivity contribution is 9.10. The molecule has 7 nitrogen and oxygen atoms in total. The lowest BCUT2D eigenvalue weighted by atomic mass is 9.95. The van der Waals surface area contributed by atoms with E-state index in [2.05, 4.69) is 36.0 Å². The van der Waals surface area contributed by atoms with Crippen LogP contribution in [0.1, 0.15) is 33.4 Å². The molecule has 1 atom stereocenters. The topological polar surface area (TPSA) is 87.3 Å². The van der Waals surface area contributed by atoms with Crippen molar-refractivity contribution in [3.8, 4) is 0 Å². The van der Waals surface area contributed by atoms with Crippen LogP contribution in [0.15, 0.2) is 53.3 Å². The van der Waals surface area contributed by atoms with Crippen LogP contribution in [0.4, 0.5) is 14.9 Å². The molecule has 2 amide bonds. The van der Waals surface area contributed by atoms with Gasteiger partial charge in [0.15, 0.2) is 0 Å². The molecule has 0 radical (unpaired) electrons. The Labute approximate surface area is 180 Å². The zero-order valence-electron chi connectivity index (χ0n) is 16.0. The Morgan fingerprint density at radius 2 is 2.03 bits per heavy atom. The molecule has 1 aliphatic rings. The van der Waals surface area contributed by atoms with Crippen molar-refractivity contribution in [2.45, 2.75) is 12.5 Å². The van der Waals surface area contributed by atoms with Crippen LogP contribution in [0.3, 0.4) is 0 Å². The molecule has 9 heteroatoms. The number of nitrogens with zero attached hydrogens (tertiary/aromatic N) is 2. The number of benzene rings is 2. The van der Waals surface area contributed by atoms with Crippen molar-refractivity contribution in [1.82, 2.24) is 14.9 Å². The number of anilines is 1. The minimum Gasteiger partial charge on any atom is -0.465 e. The van der Waals surface area contributed by atoms with E-state index in [0.717, 1.165) is 5.69 Å². The van der Waals surface area contributed by atoms with Crippen molar-refractivity contribution in [2.24, 2.45) is 0 Å². The highest BCUT2D eigenvalue weighted by atomic mass is 79.9. The number of rotatable bonds is 3. The number of esters is 1. The molecule has 0 saturated heterocycles. The van der Waals surface area contributed by atoms with Crippen molar-refractivity contribution < 1.29 is 18.7 Å². The molecule has 2 N–H and O–H groups in total. The van der Waals surface area contributed by atoms with E-state index in [1.807, 2.05) is 0 Å². The average molecular weight is 473 g/mol. The number of aromatic nitrogens is 2. The largest absolute Gasteiger partial charge is 0.465 e. The molecule has 0 spiro atoms. The average Bonchev–Trinajstić information content (AvgIpc) is 3.22. The number of urea groups is 1. The van der Waals surface area contributed by atoms with E-state index in [1.165, 1.54) is 13.2 Å². The van der Waals surface area contributed by atoms with Gasteiger partial charge in [-0.1, -0.05) is 22.0 Å². The molecule has 0 fully saturated rings. The van der Waals surface area contributed by atoms with Crippen LogP contribution in [0.2, 0.25) is 0 Å². The molecule has 4 rings (SSSR count). The number of ether oxygens (including phenoxy) is 1. The second-order valence-electron chi connectivity index (χ2n) is 6.78. The van der Waals surface area contributed by atoms with Crippen LogP contribution in [0, 0.1) is 5.82 Å². The number of amides is 2. The number of carbonyl (C=O) groups is 2. The van der Waals surface area contributed by atoms with Crippen LogP contribution in [-0.2, 0) is 11.2 Å². The van der Waals surface area contributed by atoms with Gasteiger partial charge in [-0.05, 0) is 36.4 Å². The van der Waals surface area contributed by atoms with Gasteiger partial charge in [0.2, 0.25) is 0 Å². The molecule has 30 heavy (non-hydrogen) atoms. The molecule has 0 bridgehead atoms. The molecule has 3 aromatic rings. The number of hydrogen-bond acceptors (Lipinski definition) is 4. The van der Waals surface area contributed by atoms with E-state index in [4.69, 9.17) is 0 Å². The van der Waals surface area contributed by atoms with Crippen molar-refractivity contribution in [2.75, 3.05) is 19.0 Å². The first-order chi connectivity index (χ1) is 14.5. The van der Waals surface area contributed by atoms with Crippen LogP contribution >= 0.6 is 15.9 Å². The third-order valence-electron chi connectivity index (χ3n) is 5.00. The van der Waals surface area contributed by atoms with Crippen LogP contribution in [-0.4, -0.2) is 40.5 Å². The van der Waals surface area contributed by atoms with Gasteiger partial charge < -0.3 is 19.9 Å². The maximum atomic E-state index is 14.8. The first-order valence-corrected chi connectivity index (χ1v) is 10.0. The van der Waals surface area contributed by atoms with Gasteiger partial charge in [0.05, 0.1) is 24.7 Å². The molecular weight excluding hydrogens is 455 g/mol. The van der Waals surface area contributed by atoms with Gasteiger partial charge in [-0.25, -0.2) is 19.0 Å². The molecule has 0 saturated carbocycles. The fraction of sp³-hybridized carbons (Fsp3) is 0.190. The Bertz CT molecular complexity index is 1100. The summed E-state index contributed by atoms with van der Waals surface area (Å²) in [7, 11) is 1.30. The summed E-state index contributed by atoms with van der Waals surface area (Å²) in [6.45, 7) is 0.390. The molecule has 1 aliphatic heterocycles. The van der Waals surface area contributed by atoms with Gasteiger partial charge in [-0.15, -0.1) is 0 Å². The molecule has 0 unspecified atom stereocenters. The van der Waals surface area contributed by atoms with Gasteiger partial charge in [-0.2, -0.15) is 0 Å². The monoisotopic (exact) mass is 472 g/mol. The fourth-order valence-corrected chi connectivity index (χ4v) is 3.87. The lowest BCUT2D eigenvalue weighted by molar-refractivity contribution is 0.0600. The summed E-state index contributed by atoms with van der Waals surface area (Å²) in [6.07, 6.45) is 2.14. The Hall–Kier alpha value is -3.20. The summed E-state index contributed by atoms with van der Waals surface area (Å²) in [5.74, 6) is -0.883. The van der Waals surface area contributed by atoms with Gasteiger partial charge in [0, 0.05) is 34.4 Å². The minimum absolute atomic E-state index is 0.363. The van der Waals surface area contributed by atoms with E-state index in [1.54, 1.807) is 47.6 Å². The van der Waals surface area contributed by atoms with E-state index < -0.39 is 17.8 Å². The number of hydrogen-bond donors (Lipinski definition) is 2. The number of halogens is 2. The highest BCUT2D eigenvalue weighted by Crippen LogP contribution is 2.35. The quantitative estimate of drug-likeness (QED) is 0.557. The predicted octanol–water partition coefficient (Wildman–Crippen LogP) is 4.28. The van der Waals surface area contributed by atoms with E-state index in [-0.39, 0.29) is 6.03 Å². The molecule has 2 aromatic carbocycles. The first kappa shape index (κ1) is 20.1. The molecule has 1 aromatic heterocycles. The summed E-state index contributed by atoms with van der Waals surface area (Å²) >= 11 is 3.27. The van der Waals surface area contributed by atoms with Crippen LogP contribution in [0.5, 0.6) is 0 Å². The zero-order valence-corrected chi connectivity index (χ0v) is 17.6. The third kappa shape index (κ3) is 3.80. The maximum Gasteiger partial charge on any atom is 0.337 e. The Kier molecular flexibility index (Phi) is 5.54. The maximum absolute atomic E-state index is 14.8. The number of fused-ring (bicyclic) bond motifs is 1.